The van der Waals surface area contributed by atoms with Crippen molar-refractivity contribution in [2.45, 2.75) is 13.3 Å². The summed E-state index contributed by atoms with van der Waals surface area (Å²) in [6.45, 7) is 2.24. The maximum Gasteiger partial charge on any atom is 0.0470 e. The second-order valence-corrected chi connectivity index (χ2v) is 1.92. The number of halogens is 1. The molecule has 0 bridgehead atoms. The Bertz CT molecular complexity index is 29.6. The van der Waals surface area contributed by atoms with E-state index >= 15 is 0 Å². The standard InChI is InChI=1S/C5H11ClO/c1-2-5(3-6)4-7/h5,7H,2-4H2,1H3. The summed E-state index contributed by atoms with van der Waals surface area (Å²) in [6, 6.07) is 0. The predicted molar refractivity (Wildman–Crippen MR) is 31.6 cm³/mol. The molecule has 44 valence electrons. The second kappa shape index (κ2) is 4.41. The number of aliphatic hydroxyl groups excluding tert-OH is 1. The Kier molecular flexibility index (Phi) is 4.57. The van der Waals surface area contributed by atoms with Crippen molar-refractivity contribution in [1.82, 2.24) is 0 Å². The largest absolute Gasteiger partial charge is 0.396 e. The van der Waals surface area contributed by atoms with Gasteiger partial charge in [0.05, 0.1) is 0 Å². The van der Waals surface area contributed by atoms with Crippen LogP contribution in [-0.4, -0.2) is 17.6 Å². The highest BCUT2D eigenvalue weighted by Crippen LogP contribution is 2.01. The molecular formula is C5H11ClO. The Labute approximate surface area is 49.3 Å². The van der Waals surface area contributed by atoms with Crippen molar-refractivity contribution >= 4 is 11.6 Å². The third kappa shape index (κ3) is 2.89. The molecule has 0 aromatic carbocycles. The molecule has 0 aliphatic rings. The van der Waals surface area contributed by atoms with Gasteiger partial charge < -0.3 is 5.11 Å². The first-order valence-corrected chi connectivity index (χ1v) is 3.05. The first-order chi connectivity index (χ1) is 3.35. The molecule has 0 aliphatic carbocycles. The molecule has 0 radical (unpaired) electrons. The van der Waals surface area contributed by atoms with Crippen LogP contribution in [0.5, 0.6) is 0 Å². The lowest BCUT2D eigenvalue weighted by Gasteiger charge is -2.03. The van der Waals surface area contributed by atoms with E-state index in [2.05, 4.69) is 0 Å². The first kappa shape index (κ1) is 7.25. The second-order valence-electron chi connectivity index (χ2n) is 1.61. The number of rotatable bonds is 3. The summed E-state index contributed by atoms with van der Waals surface area (Å²) in [5.41, 5.74) is 0. The van der Waals surface area contributed by atoms with E-state index in [-0.39, 0.29) is 6.61 Å². The lowest BCUT2D eigenvalue weighted by atomic mass is 10.1. The van der Waals surface area contributed by atoms with Crippen LogP contribution >= 0.6 is 11.6 Å². The minimum Gasteiger partial charge on any atom is -0.396 e. The summed E-state index contributed by atoms with van der Waals surface area (Å²) in [4.78, 5) is 0. The maximum absolute atomic E-state index is 8.44. The Morgan fingerprint density at radius 2 is 2.29 bits per heavy atom. The number of hydrogen-bond donors (Lipinski definition) is 1. The van der Waals surface area contributed by atoms with Gasteiger partial charge >= 0.3 is 0 Å². The molecule has 1 atom stereocenters. The van der Waals surface area contributed by atoms with Gasteiger partial charge in [-0.15, -0.1) is 11.6 Å². The van der Waals surface area contributed by atoms with Crippen LogP contribution in [0.15, 0.2) is 0 Å². The van der Waals surface area contributed by atoms with Gasteiger partial charge in [-0.05, 0) is 12.3 Å². The lowest BCUT2D eigenvalue weighted by Crippen LogP contribution is -2.04. The van der Waals surface area contributed by atoms with E-state index in [0.717, 1.165) is 6.42 Å². The fourth-order valence-electron chi connectivity index (χ4n) is 0.287. The van der Waals surface area contributed by atoms with Crippen LogP contribution in [0.4, 0.5) is 0 Å². The normalized spacial score (nSPS) is 14.1. The zero-order chi connectivity index (χ0) is 5.70. The van der Waals surface area contributed by atoms with Gasteiger partial charge in [0.1, 0.15) is 0 Å². The Balaban J connectivity index is 2.99. The van der Waals surface area contributed by atoms with Gasteiger partial charge in [-0.3, -0.25) is 0 Å². The van der Waals surface area contributed by atoms with Crippen LogP contribution < -0.4 is 0 Å². The SMILES string of the molecule is CCC(CO)CCl. The highest BCUT2D eigenvalue weighted by molar-refractivity contribution is 6.18. The molecular weight excluding hydrogens is 112 g/mol. The quantitative estimate of drug-likeness (QED) is 0.559. The van der Waals surface area contributed by atoms with Gasteiger partial charge in [0, 0.05) is 12.5 Å². The molecule has 0 fully saturated rings. The van der Waals surface area contributed by atoms with Crippen molar-refractivity contribution in [2.75, 3.05) is 12.5 Å². The number of aliphatic hydroxyl groups is 1. The predicted octanol–water partition coefficient (Wildman–Crippen LogP) is 1.24. The summed E-state index contributed by atoms with van der Waals surface area (Å²) in [6.07, 6.45) is 0.972. The van der Waals surface area contributed by atoms with Crippen LogP contribution in [0.1, 0.15) is 13.3 Å². The highest BCUT2D eigenvalue weighted by Gasteiger charge is 1.98. The van der Waals surface area contributed by atoms with E-state index in [9.17, 15) is 0 Å². The summed E-state index contributed by atoms with van der Waals surface area (Å²) in [7, 11) is 0. The summed E-state index contributed by atoms with van der Waals surface area (Å²) in [5, 5.41) is 8.44. The third-order valence-corrected chi connectivity index (χ3v) is 1.49. The van der Waals surface area contributed by atoms with Crippen molar-refractivity contribution in [2.24, 2.45) is 5.92 Å². The van der Waals surface area contributed by atoms with Crippen LogP contribution in [-0.2, 0) is 0 Å². The molecule has 2 heteroatoms. The van der Waals surface area contributed by atoms with E-state index in [1.165, 1.54) is 0 Å². The lowest BCUT2D eigenvalue weighted by molar-refractivity contribution is 0.236. The van der Waals surface area contributed by atoms with Gasteiger partial charge in [-0.1, -0.05) is 6.92 Å². The minimum absolute atomic E-state index is 0.222. The Morgan fingerprint density at radius 3 is 2.29 bits per heavy atom. The number of alkyl halides is 1. The van der Waals surface area contributed by atoms with Crippen LogP contribution in [0.3, 0.4) is 0 Å². The molecule has 0 saturated carbocycles. The maximum atomic E-state index is 8.44. The average Bonchev–Trinajstić information content (AvgIpc) is 1.72. The van der Waals surface area contributed by atoms with Crippen molar-refractivity contribution in [1.29, 1.82) is 0 Å². The molecule has 1 unspecified atom stereocenters. The Morgan fingerprint density at radius 1 is 1.71 bits per heavy atom. The van der Waals surface area contributed by atoms with Crippen LogP contribution in [0.2, 0.25) is 0 Å². The van der Waals surface area contributed by atoms with E-state index in [1.54, 1.807) is 0 Å². The van der Waals surface area contributed by atoms with Crippen molar-refractivity contribution in [3.8, 4) is 0 Å². The molecule has 0 spiro atoms. The molecule has 0 heterocycles. The first-order valence-electron chi connectivity index (χ1n) is 2.52. The van der Waals surface area contributed by atoms with E-state index < -0.39 is 0 Å². The molecule has 0 saturated heterocycles. The zero-order valence-electron chi connectivity index (χ0n) is 4.52. The fourth-order valence-corrected chi connectivity index (χ4v) is 0.603. The van der Waals surface area contributed by atoms with Crippen LogP contribution in [0.25, 0.3) is 0 Å². The molecule has 0 aromatic heterocycles. The van der Waals surface area contributed by atoms with Crippen molar-refractivity contribution in [3.05, 3.63) is 0 Å². The summed E-state index contributed by atoms with van der Waals surface area (Å²) in [5.74, 6) is 0.883. The molecule has 0 amide bonds. The van der Waals surface area contributed by atoms with E-state index in [0.29, 0.717) is 11.8 Å². The highest BCUT2D eigenvalue weighted by atomic mass is 35.5. The molecule has 1 N–H and O–H groups in total. The molecule has 0 rings (SSSR count). The van der Waals surface area contributed by atoms with E-state index in [1.807, 2.05) is 6.92 Å². The minimum atomic E-state index is 0.222. The van der Waals surface area contributed by atoms with Gasteiger partial charge in [0.25, 0.3) is 0 Å². The number of hydrogen-bond acceptors (Lipinski definition) is 1. The zero-order valence-corrected chi connectivity index (χ0v) is 5.28. The smallest absolute Gasteiger partial charge is 0.0470 e. The summed E-state index contributed by atoms with van der Waals surface area (Å²) < 4.78 is 0. The average molecular weight is 123 g/mol. The van der Waals surface area contributed by atoms with Gasteiger partial charge in [0.2, 0.25) is 0 Å². The molecule has 1 nitrogen and oxygen atoms in total. The van der Waals surface area contributed by atoms with Crippen molar-refractivity contribution in [3.63, 3.8) is 0 Å². The molecule has 7 heavy (non-hydrogen) atoms. The Hall–Kier alpha value is 0.250. The fraction of sp³-hybridized carbons (Fsp3) is 1.00. The van der Waals surface area contributed by atoms with Gasteiger partial charge in [-0.2, -0.15) is 0 Å². The van der Waals surface area contributed by atoms with Gasteiger partial charge in [0.15, 0.2) is 0 Å². The van der Waals surface area contributed by atoms with Crippen molar-refractivity contribution < 1.29 is 5.11 Å². The molecule has 0 aliphatic heterocycles. The third-order valence-electron chi connectivity index (χ3n) is 1.05. The van der Waals surface area contributed by atoms with Crippen LogP contribution in [0, 0.1) is 5.92 Å². The van der Waals surface area contributed by atoms with E-state index in [4.69, 9.17) is 16.7 Å². The monoisotopic (exact) mass is 122 g/mol. The van der Waals surface area contributed by atoms with Gasteiger partial charge in [-0.25, -0.2) is 0 Å². The topological polar surface area (TPSA) is 20.2 Å². The summed E-state index contributed by atoms with van der Waals surface area (Å²) >= 11 is 5.41. The molecule has 0 aromatic rings.